The van der Waals surface area contributed by atoms with Crippen molar-refractivity contribution in [1.82, 2.24) is 19.7 Å². The first kappa shape index (κ1) is 17.9. The molecule has 0 amide bonds. The fourth-order valence-corrected chi connectivity index (χ4v) is 3.56. The molecule has 1 aromatic carbocycles. The average molecular weight is 350 g/mol. The fraction of sp³-hybridized carbons (Fsp3) is 0.556. The maximum atomic E-state index is 14.5. The number of benzene rings is 1. The van der Waals surface area contributed by atoms with Crippen molar-refractivity contribution >= 4 is 0 Å². The lowest BCUT2D eigenvalue weighted by Crippen LogP contribution is -2.53. The Hall–Kier alpha value is -1.86. The summed E-state index contributed by atoms with van der Waals surface area (Å²) in [6, 6.07) is 2.96. The first-order chi connectivity index (χ1) is 11.9. The number of halogens is 2. The van der Waals surface area contributed by atoms with Gasteiger partial charge in [-0.05, 0) is 44.8 Å². The van der Waals surface area contributed by atoms with Crippen LogP contribution in [0.3, 0.4) is 0 Å². The van der Waals surface area contributed by atoms with E-state index in [1.807, 2.05) is 6.92 Å². The van der Waals surface area contributed by atoms with Crippen LogP contribution in [0.1, 0.15) is 32.3 Å². The van der Waals surface area contributed by atoms with Gasteiger partial charge in [0, 0.05) is 17.7 Å². The molecule has 0 bridgehead atoms. The number of aromatic nitrogens is 3. The van der Waals surface area contributed by atoms with Crippen LogP contribution in [0.15, 0.2) is 30.9 Å². The zero-order valence-corrected chi connectivity index (χ0v) is 14.6. The molecule has 2 atom stereocenters. The highest BCUT2D eigenvalue weighted by Gasteiger charge is 2.42. The van der Waals surface area contributed by atoms with Crippen molar-refractivity contribution in [3.05, 3.63) is 48.1 Å². The van der Waals surface area contributed by atoms with Crippen LogP contribution in [-0.4, -0.2) is 43.9 Å². The number of piperidine rings is 1. The second-order valence-electron chi connectivity index (χ2n) is 7.04. The third-order valence-corrected chi connectivity index (χ3v) is 5.32. The smallest absolute Gasteiger partial charge is 0.137 e. The summed E-state index contributed by atoms with van der Waals surface area (Å²) in [6.45, 7) is 5.82. The number of nitrogens with zero attached hydrogens (tertiary/aromatic N) is 4. The summed E-state index contributed by atoms with van der Waals surface area (Å²) in [4.78, 5) is 6.06. The third kappa shape index (κ3) is 3.72. The van der Waals surface area contributed by atoms with Crippen molar-refractivity contribution in [3.63, 3.8) is 0 Å². The van der Waals surface area contributed by atoms with Gasteiger partial charge >= 0.3 is 0 Å². The minimum atomic E-state index is -1.55. The van der Waals surface area contributed by atoms with Gasteiger partial charge in [0.1, 0.15) is 29.9 Å². The van der Waals surface area contributed by atoms with Gasteiger partial charge in [-0.2, -0.15) is 5.10 Å². The van der Waals surface area contributed by atoms with E-state index in [1.165, 1.54) is 29.5 Å². The van der Waals surface area contributed by atoms with E-state index in [4.69, 9.17) is 0 Å². The number of likely N-dealkylation sites (tertiary alicyclic amines) is 1. The van der Waals surface area contributed by atoms with Crippen LogP contribution in [0.2, 0.25) is 0 Å². The topological polar surface area (TPSA) is 54.2 Å². The Morgan fingerprint density at radius 3 is 2.64 bits per heavy atom. The molecule has 1 N–H and O–H groups in total. The highest BCUT2D eigenvalue weighted by molar-refractivity contribution is 5.27. The molecule has 0 radical (unpaired) electrons. The molecule has 0 unspecified atom stereocenters. The van der Waals surface area contributed by atoms with Crippen molar-refractivity contribution in [2.75, 3.05) is 13.1 Å². The molecule has 2 heterocycles. The summed E-state index contributed by atoms with van der Waals surface area (Å²) in [5.41, 5.74) is -1.47. The lowest BCUT2D eigenvalue weighted by atomic mass is 9.84. The number of aliphatic hydroxyl groups is 1. The van der Waals surface area contributed by atoms with E-state index in [0.29, 0.717) is 5.92 Å². The zero-order chi connectivity index (χ0) is 18.0. The van der Waals surface area contributed by atoms with Crippen LogP contribution >= 0.6 is 0 Å². The van der Waals surface area contributed by atoms with Crippen molar-refractivity contribution in [1.29, 1.82) is 0 Å². The molecular formula is C18H24F2N4O. The average Bonchev–Trinajstić information content (AvgIpc) is 3.07. The third-order valence-electron chi connectivity index (χ3n) is 5.32. The summed E-state index contributed by atoms with van der Waals surface area (Å²) in [5, 5.41) is 15.6. The van der Waals surface area contributed by atoms with Crippen LogP contribution in [0.4, 0.5) is 8.78 Å². The van der Waals surface area contributed by atoms with Crippen LogP contribution in [0.5, 0.6) is 0 Å². The maximum absolute atomic E-state index is 14.5. The molecule has 5 nitrogen and oxygen atoms in total. The standard InChI is InChI=1S/C18H24F2N4O/c1-13-5-7-23(8-6-13)14(2)18(25,10-24-12-21-11-22-24)16-4-3-15(19)9-17(16)20/h3-4,9,11-14,25H,5-8,10H2,1-2H3/t14-,18-/m0/s1. The van der Waals surface area contributed by atoms with Crippen LogP contribution < -0.4 is 0 Å². The molecule has 0 saturated carbocycles. The first-order valence-corrected chi connectivity index (χ1v) is 8.64. The summed E-state index contributed by atoms with van der Waals surface area (Å²) in [5.74, 6) is -0.766. The van der Waals surface area contributed by atoms with Gasteiger partial charge in [0.25, 0.3) is 0 Å². The van der Waals surface area contributed by atoms with E-state index in [-0.39, 0.29) is 18.2 Å². The Morgan fingerprint density at radius 1 is 1.32 bits per heavy atom. The lowest BCUT2D eigenvalue weighted by Gasteiger charge is -2.43. The Morgan fingerprint density at radius 2 is 2.04 bits per heavy atom. The number of hydrogen-bond acceptors (Lipinski definition) is 4. The fourth-order valence-electron chi connectivity index (χ4n) is 3.56. The molecule has 25 heavy (non-hydrogen) atoms. The first-order valence-electron chi connectivity index (χ1n) is 8.64. The Labute approximate surface area is 146 Å². The molecule has 1 fully saturated rings. The van der Waals surface area contributed by atoms with Crippen LogP contribution in [0, 0.1) is 17.6 Å². The predicted octanol–water partition coefficient (Wildman–Crippen LogP) is 2.56. The van der Waals surface area contributed by atoms with E-state index in [0.717, 1.165) is 32.0 Å². The molecule has 0 aliphatic carbocycles. The van der Waals surface area contributed by atoms with E-state index in [2.05, 4.69) is 21.9 Å². The molecule has 0 spiro atoms. The highest BCUT2D eigenvalue weighted by atomic mass is 19.1. The van der Waals surface area contributed by atoms with Gasteiger partial charge in [-0.15, -0.1) is 0 Å². The normalized spacial score (nSPS) is 20.4. The second-order valence-corrected chi connectivity index (χ2v) is 7.04. The van der Waals surface area contributed by atoms with Crippen molar-refractivity contribution in [3.8, 4) is 0 Å². The Kier molecular flexibility index (Phi) is 5.15. The second kappa shape index (κ2) is 7.17. The minimum Gasteiger partial charge on any atom is -0.381 e. The quantitative estimate of drug-likeness (QED) is 0.900. The predicted molar refractivity (Wildman–Crippen MR) is 89.7 cm³/mol. The molecule has 1 aliphatic heterocycles. The Balaban J connectivity index is 1.96. The highest BCUT2D eigenvalue weighted by Crippen LogP contribution is 2.34. The SMILES string of the molecule is CC1CCN([C@@H](C)[C@@](O)(Cn2cncn2)c2ccc(F)cc2F)CC1. The largest absolute Gasteiger partial charge is 0.381 e. The number of rotatable bonds is 5. The van der Waals surface area contributed by atoms with Crippen LogP contribution in [-0.2, 0) is 12.1 Å². The molecular weight excluding hydrogens is 326 g/mol. The molecule has 3 rings (SSSR count). The van der Waals surface area contributed by atoms with Crippen molar-refractivity contribution < 1.29 is 13.9 Å². The summed E-state index contributed by atoms with van der Waals surface area (Å²) < 4.78 is 29.3. The zero-order valence-electron chi connectivity index (χ0n) is 14.6. The van der Waals surface area contributed by atoms with Gasteiger partial charge in [0.2, 0.25) is 0 Å². The van der Waals surface area contributed by atoms with E-state index >= 15 is 0 Å². The van der Waals surface area contributed by atoms with Gasteiger partial charge in [0.15, 0.2) is 0 Å². The van der Waals surface area contributed by atoms with E-state index in [1.54, 1.807) is 0 Å². The van der Waals surface area contributed by atoms with Gasteiger partial charge in [0.05, 0.1) is 6.54 Å². The van der Waals surface area contributed by atoms with Gasteiger partial charge in [-0.25, -0.2) is 18.4 Å². The number of hydrogen-bond donors (Lipinski definition) is 1. The summed E-state index contributed by atoms with van der Waals surface area (Å²) >= 11 is 0. The van der Waals surface area contributed by atoms with Crippen LogP contribution in [0.25, 0.3) is 0 Å². The summed E-state index contributed by atoms with van der Waals surface area (Å²) in [7, 11) is 0. The van der Waals surface area contributed by atoms with E-state index < -0.39 is 17.2 Å². The van der Waals surface area contributed by atoms with Gasteiger partial charge < -0.3 is 5.11 Å². The van der Waals surface area contributed by atoms with Crippen molar-refractivity contribution in [2.24, 2.45) is 5.92 Å². The van der Waals surface area contributed by atoms with E-state index in [9.17, 15) is 13.9 Å². The lowest BCUT2D eigenvalue weighted by molar-refractivity contribution is -0.0707. The molecule has 1 aliphatic rings. The van der Waals surface area contributed by atoms with Gasteiger partial charge in [-0.3, -0.25) is 4.90 Å². The summed E-state index contributed by atoms with van der Waals surface area (Å²) in [6.07, 6.45) is 4.93. The Bertz CT molecular complexity index is 701. The monoisotopic (exact) mass is 350 g/mol. The molecule has 1 saturated heterocycles. The molecule has 1 aromatic heterocycles. The maximum Gasteiger partial charge on any atom is 0.137 e. The molecule has 2 aromatic rings. The molecule has 7 heteroatoms. The van der Waals surface area contributed by atoms with Crippen molar-refractivity contribution in [2.45, 2.75) is 44.9 Å². The molecule has 136 valence electrons. The van der Waals surface area contributed by atoms with Gasteiger partial charge in [-0.1, -0.05) is 13.0 Å². The minimum absolute atomic E-state index is 0.0444.